The van der Waals surface area contributed by atoms with Crippen LogP contribution in [-0.2, 0) is 0 Å². The van der Waals surface area contributed by atoms with Crippen molar-refractivity contribution in [2.45, 2.75) is 20.3 Å². The third kappa shape index (κ3) is 6.85. The second-order valence-corrected chi connectivity index (χ2v) is 2.39. The van der Waals surface area contributed by atoms with Gasteiger partial charge in [0.2, 0.25) is 0 Å². The van der Waals surface area contributed by atoms with E-state index in [2.05, 4.69) is 43.9 Å². The zero-order chi connectivity index (χ0) is 8.53. The summed E-state index contributed by atoms with van der Waals surface area (Å²) in [7, 11) is 0. The molecular weight excluding hydrogens is 132 g/mol. The summed E-state index contributed by atoms with van der Waals surface area (Å²) in [5.74, 6) is 0. The molecule has 0 saturated heterocycles. The first-order chi connectivity index (χ1) is 5.31. The maximum Gasteiger partial charge on any atom is -0.0163 e. The minimum atomic E-state index is 1.08. The molecule has 0 aromatic heterocycles. The molecule has 1 rings (SSSR count). The average Bonchev–Trinajstić information content (AvgIpc) is 2.18. The minimum Gasteiger partial charge on any atom is -0.103 e. The standard InChI is InChI=1S/C8H10.C3H6/c1-8-6-4-2-3-5-7-8;1-3-2/h2,4-7H,3H2,1H3;3H,1H2,2H3. The normalized spacial score (nSPS) is 14.2. The van der Waals surface area contributed by atoms with E-state index >= 15 is 0 Å². The first-order valence-electron chi connectivity index (χ1n) is 3.88. The third-order valence-electron chi connectivity index (χ3n) is 1.15. The van der Waals surface area contributed by atoms with Crippen molar-refractivity contribution < 1.29 is 0 Å². The van der Waals surface area contributed by atoms with Crippen LogP contribution in [0.2, 0.25) is 0 Å². The summed E-state index contributed by atoms with van der Waals surface area (Å²) in [6.45, 7) is 7.35. The largest absolute Gasteiger partial charge is 0.103 e. The Balaban J connectivity index is 0.000000292. The van der Waals surface area contributed by atoms with E-state index in [9.17, 15) is 0 Å². The second-order valence-electron chi connectivity index (χ2n) is 2.39. The lowest BCUT2D eigenvalue weighted by atomic mass is 10.3. The molecule has 0 aromatic carbocycles. The molecule has 0 spiro atoms. The quantitative estimate of drug-likeness (QED) is 0.460. The summed E-state index contributed by atoms with van der Waals surface area (Å²) in [6, 6.07) is 0. The van der Waals surface area contributed by atoms with Gasteiger partial charge in [-0.05, 0) is 20.3 Å². The van der Waals surface area contributed by atoms with Crippen LogP contribution in [0.15, 0.2) is 48.6 Å². The summed E-state index contributed by atoms with van der Waals surface area (Å²) in [5, 5.41) is 0. The van der Waals surface area contributed by atoms with E-state index in [1.54, 1.807) is 6.08 Å². The Hall–Kier alpha value is -1.04. The number of rotatable bonds is 0. The van der Waals surface area contributed by atoms with Gasteiger partial charge in [-0.3, -0.25) is 0 Å². The highest BCUT2D eigenvalue weighted by atomic mass is 13.9. The second kappa shape index (κ2) is 7.07. The lowest BCUT2D eigenvalue weighted by Crippen LogP contribution is -1.60. The van der Waals surface area contributed by atoms with E-state index in [1.165, 1.54) is 5.57 Å². The third-order valence-corrected chi connectivity index (χ3v) is 1.15. The Morgan fingerprint density at radius 2 is 2.09 bits per heavy atom. The predicted octanol–water partition coefficient (Wildman–Crippen LogP) is 3.64. The molecule has 0 N–H and O–H groups in total. The van der Waals surface area contributed by atoms with E-state index in [0.717, 1.165) is 6.42 Å². The molecule has 0 unspecified atom stereocenters. The fraction of sp³-hybridized carbons (Fsp3) is 0.273. The lowest BCUT2D eigenvalue weighted by Gasteiger charge is -1.80. The van der Waals surface area contributed by atoms with Crippen molar-refractivity contribution in [1.29, 1.82) is 0 Å². The molecule has 0 saturated carbocycles. The minimum absolute atomic E-state index is 1.08. The molecule has 11 heavy (non-hydrogen) atoms. The summed E-state index contributed by atoms with van der Waals surface area (Å²) >= 11 is 0. The van der Waals surface area contributed by atoms with Crippen molar-refractivity contribution in [2.75, 3.05) is 0 Å². The Bertz CT molecular complexity index is 180. The van der Waals surface area contributed by atoms with Gasteiger partial charge in [-0.2, -0.15) is 0 Å². The van der Waals surface area contributed by atoms with E-state index < -0.39 is 0 Å². The average molecular weight is 148 g/mol. The zero-order valence-corrected chi connectivity index (χ0v) is 7.38. The van der Waals surface area contributed by atoms with Gasteiger partial charge >= 0.3 is 0 Å². The molecule has 0 amide bonds. The smallest absolute Gasteiger partial charge is 0.0163 e. The van der Waals surface area contributed by atoms with Crippen molar-refractivity contribution in [3.63, 3.8) is 0 Å². The Morgan fingerprint density at radius 1 is 1.45 bits per heavy atom. The number of hydrogen-bond acceptors (Lipinski definition) is 0. The summed E-state index contributed by atoms with van der Waals surface area (Å²) in [4.78, 5) is 0. The molecule has 60 valence electrons. The van der Waals surface area contributed by atoms with Gasteiger partial charge in [0.15, 0.2) is 0 Å². The number of hydrogen-bond donors (Lipinski definition) is 0. The predicted molar refractivity (Wildman–Crippen MR) is 52.5 cm³/mol. The van der Waals surface area contributed by atoms with Crippen molar-refractivity contribution in [2.24, 2.45) is 0 Å². The SMILES string of the molecule is C=CC.CC1=CC=CCC=C1. The molecule has 0 aromatic rings. The Morgan fingerprint density at radius 3 is 2.73 bits per heavy atom. The summed E-state index contributed by atoms with van der Waals surface area (Å²) < 4.78 is 0. The van der Waals surface area contributed by atoms with Crippen molar-refractivity contribution in [1.82, 2.24) is 0 Å². The van der Waals surface area contributed by atoms with Gasteiger partial charge in [0.05, 0.1) is 0 Å². The highest BCUT2D eigenvalue weighted by Gasteiger charge is 1.80. The van der Waals surface area contributed by atoms with Crippen molar-refractivity contribution in [3.05, 3.63) is 48.6 Å². The molecule has 0 fully saturated rings. The van der Waals surface area contributed by atoms with E-state index in [-0.39, 0.29) is 0 Å². The van der Waals surface area contributed by atoms with Gasteiger partial charge in [0, 0.05) is 0 Å². The van der Waals surface area contributed by atoms with E-state index in [1.807, 2.05) is 6.92 Å². The molecule has 0 aliphatic heterocycles. The van der Waals surface area contributed by atoms with Gasteiger partial charge in [-0.1, -0.05) is 42.0 Å². The van der Waals surface area contributed by atoms with Gasteiger partial charge < -0.3 is 0 Å². The first-order valence-corrected chi connectivity index (χ1v) is 3.88. The van der Waals surface area contributed by atoms with E-state index in [4.69, 9.17) is 0 Å². The van der Waals surface area contributed by atoms with Crippen LogP contribution in [0, 0.1) is 0 Å². The Labute approximate surface area is 69.6 Å². The van der Waals surface area contributed by atoms with Crippen molar-refractivity contribution in [3.8, 4) is 0 Å². The maximum atomic E-state index is 3.36. The molecule has 1 aliphatic rings. The fourth-order valence-electron chi connectivity index (χ4n) is 0.686. The Kier molecular flexibility index (Phi) is 6.40. The molecule has 0 atom stereocenters. The molecule has 0 bridgehead atoms. The highest BCUT2D eigenvalue weighted by molar-refractivity contribution is 5.24. The molecular formula is C11H16. The number of allylic oxidation sites excluding steroid dienone is 7. The fourth-order valence-corrected chi connectivity index (χ4v) is 0.686. The van der Waals surface area contributed by atoms with Gasteiger partial charge in [-0.15, -0.1) is 6.58 Å². The molecule has 0 heteroatoms. The van der Waals surface area contributed by atoms with Gasteiger partial charge in [-0.25, -0.2) is 0 Å². The van der Waals surface area contributed by atoms with Gasteiger partial charge in [0.1, 0.15) is 0 Å². The van der Waals surface area contributed by atoms with Crippen LogP contribution in [-0.4, -0.2) is 0 Å². The van der Waals surface area contributed by atoms with Crippen LogP contribution in [0.1, 0.15) is 20.3 Å². The first kappa shape index (κ1) is 9.96. The van der Waals surface area contributed by atoms with E-state index in [0.29, 0.717) is 0 Å². The van der Waals surface area contributed by atoms with Crippen molar-refractivity contribution >= 4 is 0 Å². The van der Waals surface area contributed by atoms with Crippen LogP contribution in [0.5, 0.6) is 0 Å². The molecule has 0 radical (unpaired) electrons. The lowest BCUT2D eigenvalue weighted by molar-refractivity contribution is 1.40. The topological polar surface area (TPSA) is 0 Å². The molecule has 0 nitrogen and oxygen atoms in total. The molecule has 0 heterocycles. The van der Waals surface area contributed by atoms with Crippen LogP contribution < -0.4 is 0 Å². The highest BCUT2D eigenvalue weighted by Crippen LogP contribution is 2.01. The summed E-state index contributed by atoms with van der Waals surface area (Å²) in [5.41, 5.74) is 1.33. The van der Waals surface area contributed by atoms with Gasteiger partial charge in [0.25, 0.3) is 0 Å². The maximum absolute atomic E-state index is 3.36. The molecule has 1 aliphatic carbocycles. The monoisotopic (exact) mass is 148 g/mol. The zero-order valence-electron chi connectivity index (χ0n) is 7.38. The summed E-state index contributed by atoms with van der Waals surface area (Å²) in [6.07, 6.45) is 13.5. The van der Waals surface area contributed by atoms with Crippen LogP contribution in [0.25, 0.3) is 0 Å². The van der Waals surface area contributed by atoms with Crippen LogP contribution >= 0.6 is 0 Å². The van der Waals surface area contributed by atoms with Crippen LogP contribution in [0.4, 0.5) is 0 Å². The van der Waals surface area contributed by atoms with Crippen LogP contribution in [0.3, 0.4) is 0 Å².